The summed E-state index contributed by atoms with van der Waals surface area (Å²) in [4.78, 5) is 11.8. The van der Waals surface area contributed by atoms with Gasteiger partial charge in [-0.05, 0) is 56.8 Å². The zero-order chi connectivity index (χ0) is 17.3. The van der Waals surface area contributed by atoms with Gasteiger partial charge in [0.25, 0.3) is 0 Å². The second-order valence-corrected chi connectivity index (χ2v) is 10.2. The molecule has 0 heterocycles. The molecule has 0 aromatic carbocycles. The number of halogens is 3. The van der Waals surface area contributed by atoms with Gasteiger partial charge < -0.3 is 4.55 Å². The lowest BCUT2D eigenvalue weighted by Gasteiger charge is -2.23. The van der Waals surface area contributed by atoms with Crippen LogP contribution < -0.4 is 0 Å². The molecule has 134 valence electrons. The summed E-state index contributed by atoms with van der Waals surface area (Å²) in [5.41, 5.74) is -4.09. The average molecular weight is 374 g/mol. The molecule has 0 radical (unpaired) electrons. The van der Waals surface area contributed by atoms with Gasteiger partial charge in [-0.25, -0.2) is 8.42 Å². The monoisotopic (exact) mass is 374 g/mol. The summed E-state index contributed by atoms with van der Waals surface area (Å²) in [6, 6.07) is 0. The Morgan fingerprint density at radius 2 is 1.74 bits per heavy atom. The molecule has 0 aromatic heterocycles. The molecule has 3 fully saturated rings. The van der Waals surface area contributed by atoms with Crippen LogP contribution in [0.3, 0.4) is 0 Å². The molecule has 0 N–H and O–H groups in total. The van der Waals surface area contributed by atoms with Gasteiger partial charge in [-0.1, -0.05) is 0 Å². The Morgan fingerprint density at radius 3 is 2.17 bits per heavy atom. The summed E-state index contributed by atoms with van der Waals surface area (Å²) < 4.78 is 58.9. The summed E-state index contributed by atoms with van der Waals surface area (Å²) in [7, 11) is -5.64. The standard InChI is InChI=1S/C13H21OP.CHF3O3S/c14-11-3-1-2-4-12(11)15-13-8-9-5-6-10(13)7-9;2-1(3,4)8(5,6)7/h9-10,12-13,15H,1-8H2;(H,5,6,7). The molecule has 0 aromatic rings. The fourth-order valence-corrected chi connectivity index (χ4v) is 6.65. The minimum Gasteiger partial charge on any atom is -0.741 e. The number of carbonyl (C=O) groups excluding carboxylic acids is 1. The quantitative estimate of drug-likeness (QED) is 0.423. The molecular formula is C14H22F3O4PS. The number of hydrogen-bond donors (Lipinski definition) is 0. The Labute approximate surface area is 136 Å². The number of hydrogen-bond acceptors (Lipinski definition) is 4. The second kappa shape index (κ2) is 7.36. The van der Waals surface area contributed by atoms with Crippen LogP contribution in [0, 0.1) is 11.8 Å². The molecule has 3 saturated carbocycles. The lowest BCUT2D eigenvalue weighted by Crippen LogP contribution is -2.24. The van der Waals surface area contributed by atoms with Crippen LogP contribution in [0.2, 0.25) is 0 Å². The maximum Gasteiger partial charge on any atom is 0.485 e. The highest BCUT2D eigenvalue weighted by molar-refractivity contribution is 7.86. The molecule has 0 amide bonds. The van der Waals surface area contributed by atoms with E-state index in [1.807, 2.05) is 0 Å². The van der Waals surface area contributed by atoms with Crippen molar-refractivity contribution in [2.75, 3.05) is 0 Å². The third-order valence-corrected chi connectivity index (χ3v) is 8.21. The van der Waals surface area contributed by atoms with Crippen molar-refractivity contribution in [2.24, 2.45) is 11.8 Å². The minimum absolute atomic E-state index is 0.450. The van der Waals surface area contributed by atoms with E-state index in [1.54, 1.807) is 0 Å². The van der Waals surface area contributed by atoms with E-state index in [-0.39, 0.29) is 0 Å². The zero-order valence-electron chi connectivity index (χ0n) is 12.7. The lowest BCUT2D eigenvalue weighted by atomic mass is 9.99. The fourth-order valence-electron chi connectivity index (χ4n) is 4.04. The van der Waals surface area contributed by atoms with Gasteiger partial charge in [0, 0.05) is 15.0 Å². The van der Waals surface area contributed by atoms with Crippen molar-refractivity contribution >= 4 is 24.5 Å². The maximum atomic E-state index is 11.8. The van der Waals surface area contributed by atoms with E-state index in [0.29, 0.717) is 20.0 Å². The van der Waals surface area contributed by atoms with Crippen LogP contribution in [0.5, 0.6) is 0 Å². The minimum atomic E-state index is -6.09. The predicted molar refractivity (Wildman–Crippen MR) is 82.0 cm³/mol. The summed E-state index contributed by atoms with van der Waals surface area (Å²) in [5, 5.41) is 0. The molecule has 0 spiro atoms. The number of Topliss-reactive ketones (excluding diaryl/α,β-unsaturated/α-hetero) is 1. The summed E-state index contributed by atoms with van der Waals surface area (Å²) in [5.74, 6) is 2.73. The highest BCUT2D eigenvalue weighted by atomic mass is 32.2. The number of rotatable bonds is 2. The molecule has 2 bridgehead atoms. The van der Waals surface area contributed by atoms with Crippen molar-refractivity contribution < 1.29 is 30.9 Å². The van der Waals surface area contributed by atoms with Gasteiger partial charge >= 0.3 is 5.51 Å². The molecule has 3 aliphatic carbocycles. The van der Waals surface area contributed by atoms with Crippen molar-refractivity contribution in [1.82, 2.24) is 0 Å². The topological polar surface area (TPSA) is 74.3 Å². The van der Waals surface area contributed by atoms with E-state index in [9.17, 15) is 18.0 Å². The maximum absolute atomic E-state index is 11.8. The summed E-state index contributed by atoms with van der Waals surface area (Å²) in [6.07, 6.45) is 10.6. The molecule has 5 atom stereocenters. The molecule has 3 rings (SSSR count). The molecule has 4 nitrogen and oxygen atoms in total. The van der Waals surface area contributed by atoms with Crippen LogP contribution in [0.4, 0.5) is 13.2 Å². The van der Waals surface area contributed by atoms with Crippen molar-refractivity contribution in [3.05, 3.63) is 0 Å². The summed E-state index contributed by atoms with van der Waals surface area (Å²) >= 11 is 0. The SMILES string of the molecule is O=C1CCCCC1[PH2+]C1CC2CCC1C2.O=S(=O)([O-])C(F)(F)F. The van der Waals surface area contributed by atoms with E-state index in [2.05, 4.69) is 0 Å². The Hall–Kier alpha value is -0.200. The number of alkyl halides is 3. The van der Waals surface area contributed by atoms with E-state index >= 15 is 0 Å². The van der Waals surface area contributed by atoms with E-state index < -0.39 is 15.6 Å². The first-order chi connectivity index (χ1) is 10.6. The van der Waals surface area contributed by atoms with E-state index in [0.717, 1.165) is 23.9 Å². The number of ketones is 1. The van der Waals surface area contributed by atoms with Gasteiger partial charge in [-0.2, -0.15) is 13.2 Å². The first-order valence-corrected chi connectivity index (χ1v) is 10.7. The summed E-state index contributed by atoms with van der Waals surface area (Å²) in [6.45, 7) is 0. The third kappa shape index (κ3) is 5.13. The Morgan fingerprint density at radius 1 is 1.09 bits per heavy atom. The largest absolute Gasteiger partial charge is 0.741 e. The van der Waals surface area contributed by atoms with Gasteiger partial charge in [0.05, 0.1) is 5.66 Å². The molecule has 9 heteroatoms. The van der Waals surface area contributed by atoms with Crippen LogP contribution in [0.25, 0.3) is 0 Å². The zero-order valence-corrected chi connectivity index (χ0v) is 14.7. The molecule has 0 saturated heterocycles. The number of carbonyl (C=O) groups is 1. The molecule has 0 aliphatic heterocycles. The molecular weight excluding hydrogens is 352 g/mol. The fraction of sp³-hybridized carbons (Fsp3) is 0.929. The van der Waals surface area contributed by atoms with Crippen molar-refractivity contribution in [3.8, 4) is 0 Å². The van der Waals surface area contributed by atoms with E-state index in [4.69, 9.17) is 13.0 Å². The van der Waals surface area contributed by atoms with Crippen molar-refractivity contribution in [2.45, 2.75) is 68.2 Å². The average Bonchev–Trinajstić information content (AvgIpc) is 3.02. The Balaban J connectivity index is 0.000000207. The van der Waals surface area contributed by atoms with Crippen LogP contribution in [0.15, 0.2) is 0 Å². The van der Waals surface area contributed by atoms with Crippen LogP contribution in [-0.2, 0) is 14.9 Å². The smallest absolute Gasteiger partial charge is 0.485 e. The first kappa shape index (κ1) is 19.1. The Kier molecular flexibility index (Phi) is 6.12. The van der Waals surface area contributed by atoms with Gasteiger partial charge in [-0.15, -0.1) is 0 Å². The number of fused-ring (bicyclic) bond motifs is 2. The predicted octanol–water partition coefficient (Wildman–Crippen LogP) is 3.15. The van der Waals surface area contributed by atoms with Crippen molar-refractivity contribution in [3.63, 3.8) is 0 Å². The van der Waals surface area contributed by atoms with Gasteiger partial charge in [-0.3, -0.25) is 4.79 Å². The molecule has 3 aliphatic rings. The van der Waals surface area contributed by atoms with Crippen LogP contribution >= 0.6 is 8.58 Å². The molecule has 23 heavy (non-hydrogen) atoms. The van der Waals surface area contributed by atoms with Crippen LogP contribution in [-0.4, -0.2) is 35.6 Å². The van der Waals surface area contributed by atoms with Gasteiger partial charge in [0.2, 0.25) is 0 Å². The third-order valence-electron chi connectivity index (χ3n) is 5.16. The van der Waals surface area contributed by atoms with Crippen molar-refractivity contribution in [1.29, 1.82) is 0 Å². The lowest BCUT2D eigenvalue weighted by molar-refractivity contribution is -0.119. The Bertz CT molecular complexity index is 535. The highest BCUT2D eigenvalue weighted by Gasteiger charge is 2.45. The van der Waals surface area contributed by atoms with Gasteiger partial charge in [0.15, 0.2) is 15.9 Å². The normalized spacial score (nSPS) is 34.7. The van der Waals surface area contributed by atoms with E-state index in [1.165, 1.54) is 44.9 Å². The second-order valence-electron chi connectivity index (χ2n) is 6.75. The van der Waals surface area contributed by atoms with Gasteiger partial charge in [0.1, 0.15) is 5.66 Å². The first-order valence-electron chi connectivity index (χ1n) is 7.98. The van der Waals surface area contributed by atoms with Crippen LogP contribution in [0.1, 0.15) is 51.4 Å². The highest BCUT2D eigenvalue weighted by Crippen LogP contribution is 2.53. The molecule has 5 unspecified atom stereocenters.